The van der Waals surface area contributed by atoms with Crippen molar-refractivity contribution in [2.24, 2.45) is 0 Å². The molecule has 33 heavy (non-hydrogen) atoms. The molecule has 6 heteroatoms. The summed E-state index contributed by atoms with van der Waals surface area (Å²) in [6.45, 7) is 2.23. The van der Waals surface area contributed by atoms with Crippen molar-refractivity contribution in [3.05, 3.63) is 94.8 Å². The second-order valence-electron chi connectivity index (χ2n) is 7.42. The molecule has 0 saturated carbocycles. The molecule has 0 spiro atoms. The van der Waals surface area contributed by atoms with E-state index >= 15 is 0 Å². The lowest BCUT2D eigenvalue weighted by molar-refractivity contribution is -0.137. The standard InChI is InChI=1S/C27H25FN2O3/c1-2-6-21(15-27(31)32)20-9-11-24(12-10-20)33-18-23-14-26(22(16-29)13-25(23)28)30-17-19-7-4-3-5-8-19/h3-5,7-14,16,21,29-30H,15,17-18H2,1H3,(H,31,32). The van der Waals surface area contributed by atoms with Gasteiger partial charge in [-0.3, -0.25) is 4.79 Å². The number of ether oxygens (including phenoxy) is 1. The van der Waals surface area contributed by atoms with Crippen LogP contribution in [0.25, 0.3) is 0 Å². The zero-order chi connectivity index (χ0) is 23.6. The Labute approximate surface area is 192 Å². The van der Waals surface area contributed by atoms with E-state index < -0.39 is 17.7 Å². The van der Waals surface area contributed by atoms with Crippen molar-refractivity contribution in [3.63, 3.8) is 0 Å². The second-order valence-corrected chi connectivity index (χ2v) is 7.42. The van der Waals surface area contributed by atoms with Crippen molar-refractivity contribution >= 4 is 17.9 Å². The Morgan fingerprint density at radius 3 is 2.55 bits per heavy atom. The van der Waals surface area contributed by atoms with E-state index in [0.29, 0.717) is 29.1 Å². The molecule has 3 rings (SSSR count). The van der Waals surface area contributed by atoms with E-state index in [4.69, 9.17) is 15.3 Å². The molecular weight excluding hydrogens is 419 g/mol. The van der Waals surface area contributed by atoms with Gasteiger partial charge in [-0.05, 0) is 42.3 Å². The summed E-state index contributed by atoms with van der Waals surface area (Å²) in [5.74, 6) is 4.45. The van der Waals surface area contributed by atoms with Gasteiger partial charge in [-0.15, -0.1) is 5.92 Å². The van der Waals surface area contributed by atoms with Gasteiger partial charge in [-0.2, -0.15) is 0 Å². The van der Waals surface area contributed by atoms with Crippen LogP contribution in [-0.2, 0) is 17.9 Å². The maximum atomic E-state index is 14.6. The number of hydrogen-bond donors (Lipinski definition) is 3. The van der Waals surface area contributed by atoms with Crippen LogP contribution in [0.15, 0.2) is 66.7 Å². The highest BCUT2D eigenvalue weighted by Crippen LogP contribution is 2.25. The molecule has 0 bridgehead atoms. The highest BCUT2D eigenvalue weighted by Gasteiger charge is 2.14. The zero-order valence-corrected chi connectivity index (χ0v) is 18.3. The van der Waals surface area contributed by atoms with Crippen molar-refractivity contribution in [1.29, 1.82) is 5.41 Å². The Kier molecular flexibility index (Phi) is 8.20. The number of rotatable bonds is 10. The third kappa shape index (κ3) is 6.68. The van der Waals surface area contributed by atoms with Gasteiger partial charge in [0.15, 0.2) is 0 Å². The molecular formula is C27H25FN2O3. The van der Waals surface area contributed by atoms with E-state index in [1.54, 1.807) is 37.3 Å². The number of hydrogen-bond acceptors (Lipinski definition) is 4. The average molecular weight is 445 g/mol. The van der Waals surface area contributed by atoms with Crippen molar-refractivity contribution in [2.45, 2.75) is 32.4 Å². The van der Waals surface area contributed by atoms with Gasteiger partial charge < -0.3 is 20.6 Å². The molecule has 0 aliphatic carbocycles. The van der Waals surface area contributed by atoms with E-state index in [1.165, 1.54) is 6.07 Å². The Morgan fingerprint density at radius 2 is 1.91 bits per heavy atom. The molecule has 3 N–H and O–H groups in total. The summed E-state index contributed by atoms with van der Waals surface area (Å²) in [6, 6.07) is 19.8. The first kappa shape index (κ1) is 23.6. The van der Waals surface area contributed by atoms with Crippen LogP contribution in [0.4, 0.5) is 10.1 Å². The largest absolute Gasteiger partial charge is 0.489 e. The van der Waals surface area contributed by atoms with Gasteiger partial charge in [0.05, 0.1) is 12.3 Å². The minimum absolute atomic E-state index is 0.0107. The topological polar surface area (TPSA) is 82.4 Å². The lowest BCUT2D eigenvalue weighted by Gasteiger charge is -2.14. The van der Waals surface area contributed by atoms with Crippen LogP contribution in [0, 0.1) is 23.1 Å². The summed E-state index contributed by atoms with van der Waals surface area (Å²) in [7, 11) is 0. The fraction of sp³-hybridized carbons (Fsp3) is 0.185. The van der Waals surface area contributed by atoms with E-state index in [-0.39, 0.29) is 13.0 Å². The molecule has 0 fully saturated rings. The highest BCUT2D eigenvalue weighted by atomic mass is 19.1. The van der Waals surface area contributed by atoms with E-state index in [2.05, 4.69) is 17.2 Å². The Balaban J connectivity index is 1.70. The molecule has 1 unspecified atom stereocenters. The molecule has 0 heterocycles. The van der Waals surface area contributed by atoms with Crippen LogP contribution in [0.2, 0.25) is 0 Å². The zero-order valence-electron chi connectivity index (χ0n) is 18.3. The fourth-order valence-electron chi connectivity index (χ4n) is 3.37. The summed E-state index contributed by atoms with van der Waals surface area (Å²) in [5, 5.41) is 19.9. The van der Waals surface area contributed by atoms with Crippen LogP contribution in [0.5, 0.6) is 5.75 Å². The third-order valence-electron chi connectivity index (χ3n) is 5.07. The summed E-state index contributed by atoms with van der Waals surface area (Å²) in [5.41, 5.74) is 3.33. The highest BCUT2D eigenvalue weighted by molar-refractivity contribution is 5.86. The van der Waals surface area contributed by atoms with Gasteiger partial charge in [0, 0.05) is 29.6 Å². The molecule has 0 aliphatic rings. The van der Waals surface area contributed by atoms with Gasteiger partial charge in [0.2, 0.25) is 0 Å². The van der Waals surface area contributed by atoms with E-state index in [9.17, 15) is 9.18 Å². The number of carboxylic acid groups (broad SMARTS) is 1. The van der Waals surface area contributed by atoms with Crippen LogP contribution in [0.3, 0.4) is 0 Å². The van der Waals surface area contributed by atoms with Gasteiger partial charge in [-0.1, -0.05) is 48.4 Å². The molecule has 3 aromatic rings. The monoisotopic (exact) mass is 444 g/mol. The lowest BCUT2D eigenvalue weighted by atomic mass is 9.96. The number of aliphatic carboxylic acids is 1. The number of carboxylic acids is 1. The van der Waals surface area contributed by atoms with Crippen molar-refractivity contribution in [2.75, 3.05) is 5.32 Å². The molecule has 3 aromatic carbocycles. The number of anilines is 1. The van der Waals surface area contributed by atoms with Crippen molar-refractivity contribution < 1.29 is 19.0 Å². The predicted molar refractivity (Wildman–Crippen MR) is 127 cm³/mol. The van der Waals surface area contributed by atoms with E-state index in [1.807, 2.05) is 30.3 Å². The normalized spacial score (nSPS) is 11.1. The Hall–Kier alpha value is -4.11. The quantitative estimate of drug-likeness (QED) is 0.281. The fourth-order valence-corrected chi connectivity index (χ4v) is 3.37. The second kappa shape index (κ2) is 11.5. The maximum absolute atomic E-state index is 14.6. The Bertz CT molecular complexity index is 1170. The molecule has 1 atom stereocenters. The number of nitrogens with one attached hydrogen (secondary N) is 2. The Morgan fingerprint density at radius 1 is 1.18 bits per heavy atom. The van der Waals surface area contributed by atoms with Gasteiger partial charge in [0.25, 0.3) is 0 Å². The lowest BCUT2D eigenvalue weighted by Crippen LogP contribution is -2.06. The van der Waals surface area contributed by atoms with Crippen LogP contribution in [0.1, 0.15) is 41.5 Å². The van der Waals surface area contributed by atoms with Crippen LogP contribution < -0.4 is 10.1 Å². The molecule has 0 radical (unpaired) electrons. The summed E-state index contributed by atoms with van der Waals surface area (Å²) in [6.07, 6.45) is 1.04. The van der Waals surface area contributed by atoms with Crippen molar-refractivity contribution in [3.8, 4) is 17.6 Å². The smallest absolute Gasteiger partial charge is 0.304 e. The van der Waals surface area contributed by atoms with Gasteiger partial charge in [0.1, 0.15) is 18.2 Å². The van der Waals surface area contributed by atoms with Crippen LogP contribution in [-0.4, -0.2) is 17.3 Å². The molecule has 5 nitrogen and oxygen atoms in total. The summed E-state index contributed by atoms with van der Waals surface area (Å²) >= 11 is 0. The van der Waals surface area contributed by atoms with Gasteiger partial charge in [-0.25, -0.2) is 4.39 Å². The molecule has 0 amide bonds. The molecule has 0 aliphatic heterocycles. The first-order valence-corrected chi connectivity index (χ1v) is 10.5. The molecule has 0 saturated heterocycles. The maximum Gasteiger partial charge on any atom is 0.304 e. The van der Waals surface area contributed by atoms with Gasteiger partial charge >= 0.3 is 5.97 Å². The number of carbonyl (C=O) groups is 1. The number of benzene rings is 3. The minimum Gasteiger partial charge on any atom is -0.489 e. The SMILES string of the molecule is CC#CC(CC(=O)O)c1ccc(OCc2cc(NCc3ccccc3)c(C=N)cc2F)cc1. The van der Waals surface area contributed by atoms with Crippen molar-refractivity contribution in [1.82, 2.24) is 0 Å². The third-order valence-corrected chi connectivity index (χ3v) is 5.07. The summed E-state index contributed by atoms with van der Waals surface area (Å²) in [4.78, 5) is 11.1. The van der Waals surface area contributed by atoms with Crippen LogP contribution >= 0.6 is 0 Å². The average Bonchev–Trinajstić information content (AvgIpc) is 2.82. The van der Waals surface area contributed by atoms with E-state index in [0.717, 1.165) is 17.3 Å². The molecule has 168 valence electrons. The minimum atomic E-state index is -0.913. The number of halogens is 1. The summed E-state index contributed by atoms with van der Waals surface area (Å²) < 4.78 is 20.3. The predicted octanol–water partition coefficient (Wildman–Crippen LogP) is 5.60. The first-order chi connectivity index (χ1) is 16.0. The first-order valence-electron chi connectivity index (χ1n) is 10.5. The molecule has 0 aromatic heterocycles.